The van der Waals surface area contributed by atoms with Crippen molar-refractivity contribution in [2.24, 2.45) is 10.9 Å². The highest BCUT2D eigenvalue weighted by Gasteiger charge is 1.98. The zero-order chi connectivity index (χ0) is 12.7. The minimum Gasteiger partial charge on any atom is -0.395 e. The molecule has 0 bridgehead atoms. The molecule has 0 atom stereocenters. The zero-order valence-corrected chi connectivity index (χ0v) is 12.2. The largest absolute Gasteiger partial charge is 0.395 e. The summed E-state index contributed by atoms with van der Waals surface area (Å²) in [6, 6.07) is 7.38. The highest BCUT2D eigenvalue weighted by molar-refractivity contribution is 8.13. The van der Waals surface area contributed by atoms with Crippen molar-refractivity contribution < 1.29 is 4.84 Å². The van der Waals surface area contributed by atoms with Crippen LogP contribution in [0.2, 0.25) is 5.02 Å². The summed E-state index contributed by atoms with van der Waals surface area (Å²) >= 11 is 7.02. The lowest BCUT2D eigenvalue weighted by Crippen LogP contribution is -2.06. The van der Waals surface area contributed by atoms with Crippen molar-refractivity contribution in [2.75, 3.05) is 12.4 Å². The number of amidine groups is 1. The number of nitrogens with one attached hydrogen (secondary N) is 1. The minimum atomic E-state index is 0. The van der Waals surface area contributed by atoms with Gasteiger partial charge in [-0.1, -0.05) is 40.7 Å². The molecule has 0 aliphatic heterocycles. The van der Waals surface area contributed by atoms with Crippen molar-refractivity contribution in [1.29, 1.82) is 5.41 Å². The van der Waals surface area contributed by atoms with Gasteiger partial charge in [0.25, 0.3) is 0 Å². The summed E-state index contributed by atoms with van der Waals surface area (Å²) in [5.74, 6) is 0.618. The monoisotopic (exact) mass is 307 g/mol. The Kier molecular flexibility index (Phi) is 8.62. The van der Waals surface area contributed by atoms with Crippen LogP contribution in [0.5, 0.6) is 0 Å². The van der Waals surface area contributed by atoms with Gasteiger partial charge in [-0.05, 0) is 24.6 Å². The number of halogens is 2. The highest BCUT2D eigenvalue weighted by Crippen LogP contribution is 2.10. The van der Waals surface area contributed by atoms with Crippen LogP contribution in [0.15, 0.2) is 29.4 Å². The average Bonchev–Trinajstić information content (AvgIpc) is 2.29. The van der Waals surface area contributed by atoms with Crippen molar-refractivity contribution in [1.82, 2.24) is 0 Å². The summed E-state index contributed by atoms with van der Waals surface area (Å²) < 4.78 is 0. The maximum atomic E-state index is 7.01. The highest BCUT2D eigenvalue weighted by atomic mass is 35.5. The molecule has 0 saturated heterocycles. The van der Waals surface area contributed by atoms with Crippen LogP contribution >= 0.6 is 35.8 Å². The standard InChI is InChI=1S/C11H14ClN3OS.ClH/c1-8(9-2-4-10(12)5-3-9)15-16-6-7-17-11(13)14;/h2-5H,6-7H2,1H3,(H3,13,14);1H/b15-8+;. The van der Waals surface area contributed by atoms with Crippen molar-refractivity contribution in [2.45, 2.75) is 6.92 Å². The topological polar surface area (TPSA) is 71.5 Å². The normalized spacial score (nSPS) is 10.7. The van der Waals surface area contributed by atoms with E-state index in [2.05, 4.69) is 5.16 Å². The maximum absolute atomic E-state index is 7.01. The summed E-state index contributed by atoms with van der Waals surface area (Å²) in [5, 5.41) is 11.8. The van der Waals surface area contributed by atoms with Gasteiger partial charge in [0.2, 0.25) is 0 Å². The van der Waals surface area contributed by atoms with Crippen LogP contribution in [-0.4, -0.2) is 23.2 Å². The fourth-order valence-corrected chi connectivity index (χ4v) is 1.58. The predicted molar refractivity (Wildman–Crippen MR) is 81.2 cm³/mol. The van der Waals surface area contributed by atoms with Gasteiger partial charge in [0.1, 0.15) is 6.61 Å². The summed E-state index contributed by atoms with van der Waals surface area (Å²) in [6.45, 7) is 2.29. The molecule has 0 aromatic heterocycles. The minimum absolute atomic E-state index is 0. The van der Waals surface area contributed by atoms with Crippen LogP contribution < -0.4 is 5.73 Å². The number of benzene rings is 1. The van der Waals surface area contributed by atoms with Gasteiger partial charge in [0, 0.05) is 10.8 Å². The van der Waals surface area contributed by atoms with Crippen LogP contribution in [0.25, 0.3) is 0 Å². The Balaban J connectivity index is 0.00000289. The Bertz CT molecular complexity index is 409. The van der Waals surface area contributed by atoms with Gasteiger partial charge in [-0.3, -0.25) is 5.41 Å². The molecule has 0 aliphatic carbocycles. The number of nitrogens with two attached hydrogens (primary N) is 1. The van der Waals surface area contributed by atoms with E-state index in [0.717, 1.165) is 11.3 Å². The molecule has 18 heavy (non-hydrogen) atoms. The molecule has 3 N–H and O–H groups in total. The number of rotatable bonds is 5. The van der Waals surface area contributed by atoms with E-state index in [9.17, 15) is 0 Å². The fourth-order valence-electron chi connectivity index (χ4n) is 1.08. The first-order valence-electron chi connectivity index (χ1n) is 4.99. The second kappa shape index (κ2) is 9.08. The number of oxime groups is 1. The Labute approximate surface area is 122 Å². The SMILES string of the molecule is C/C(=N\OCCSC(=N)N)c1ccc(Cl)cc1.Cl. The van der Waals surface area contributed by atoms with E-state index < -0.39 is 0 Å². The summed E-state index contributed by atoms with van der Waals surface area (Å²) in [5.41, 5.74) is 6.93. The lowest BCUT2D eigenvalue weighted by Gasteiger charge is -2.02. The second-order valence-corrected chi connectivity index (χ2v) is 4.80. The molecule has 0 radical (unpaired) electrons. The molecule has 0 aliphatic rings. The van der Waals surface area contributed by atoms with Gasteiger partial charge in [0.15, 0.2) is 5.17 Å². The quantitative estimate of drug-likeness (QED) is 0.380. The molecule has 0 spiro atoms. The number of thioether (sulfide) groups is 1. The van der Waals surface area contributed by atoms with E-state index in [1.807, 2.05) is 31.2 Å². The summed E-state index contributed by atoms with van der Waals surface area (Å²) in [7, 11) is 0. The van der Waals surface area contributed by atoms with E-state index >= 15 is 0 Å². The first kappa shape index (κ1) is 17.1. The first-order valence-corrected chi connectivity index (χ1v) is 6.35. The van der Waals surface area contributed by atoms with Crippen molar-refractivity contribution >= 4 is 46.6 Å². The van der Waals surface area contributed by atoms with Crippen LogP contribution in [0.4, 0.5) is 0 Å². The van der Waals surface area contributed by atoms with Crippen molar-refractivity contribution in [3.63, 3.8) is 0 Å². The molecule has 0 unspecified atom stereocenters. The molecule has 0 saturated carbocycles. The van der Waals surface area contributed by atoms with Crippen molar-refractivity contribution in [3.8, 4) is 0 Å². The summed E-state index contributed by atoms with van der Waals surface area (Å²) in [4.78, 5) is 5.11. The molecule has 0 fully saturated rings. The second-order valence-electron chi connectivity index (χ2n) is 3.23. The zero-order valence-electron chi connectivity index (χ0n) is 9.85. The van der Waals surface area contributed by atoms with Crippen molar-refractivity contribution in [3.05, 3.63) is 34.9 Å². The molecule has 1 rings (SSSR count). The smallest absolute Gasteiger partial charge is 0.151 e. The summed E-state index contributed by atoms with van der Waals surface area (Å²) in [6.07, 6.45) is 0. The Morgan fingerprint density at radius 1 is 1.44 bits per heavy atom. The van der Waals surface area contributed by atoms with E-state index in [0.29, 0.717) is 17.4 Å². The third-order valence-electron chi connectivity index (χ3n) is 1.90. The molecule has 1 aromatic carbocycles. The van der Waals surface area contributed by atoms with Gasteiger partial charge in [0.05, 0.1) is 5.71 Å². The molecular weight excluding hydrogens is 293 g/mol. The van der Waals surface area contributed by atoms with Crippen LogP contribution in [0.3, 0.4) is 0 Å². The van der Waals surface area contributed by atoms with Gasteiger partial charge >= 0.3 is 0 Å². The van der Waals surface area contributed by atoms with Gasteiger partial charge < -0.3 is 10.6 Å². The Morgan fingerprint density at radius 2 is 2.06 bits per heavy atom. The fraction of sp³-hybridized carbons (Fsp3) is 0.273. The number of nitrogens with zero attached hydrogens (tertiary/aromatic N) is 1. The molecule has 0 amide bonds. The maximum Gasteiger partial charge on any atom is 0.151 e. The number of hydrogen-bond donors (Lipinski definition) is 2. The van der Waals surface area contributed by atoms with E-state index in [-0.39, 0.29) is 17.6 Å². The predicted octanol–water partition coefficient (Wildman–Crippen LogP) is 3.13. The lowest BCUT2D eigenvalue weighted by atomic mass is 10.1. The molecule has 1 aromatic rings. The van der Waals surface area contributed by atoms with Gasteiger partial charge in [-0.25, -0.2) is 0 Å². The lowest BCUT2D eigenvalue weighted by molar-refractivity contribution is 0.161. The van der Waals surface area contributed by atoms with E-state index in [4.69, 9.17) is 27.6 Å². The molecule has 0 heterocycles. The van der Waals surface area contributed by atoms with Crippen LogP contribution in [-0.2, 0) is 4.84 Å². The Morgan fingerprint density at radius 3 is 2.61 bits per heavy atom. The molecule has 100 valence electrons. The third kappa shape index (κ3) is 6.74. The third-order valence-corrected chi connectivity index (χ3v) is 2.83. The van der Waals surface area contributed by atoms with Gasteiger partial charge in [-0.15, -0.1) is 12.4 Å². The average molecular weight is 308 g/mol. The van der Waals surface area contributed by atoms with Crippen LogP contribution in [0.1, 0.15) is 12.5 Å². The van der Waals surface area contributed by atoms with Gasteiger partial charge in [-0.2, -0.15) is 0 Å². The van der Waals surface area contributed by atoms with E-state index in [1.54, 1.807) is 0 Å². The molecule has 7 heteroatoms. The van der Waals surface area contributed by atoms with E-state index in [1.165, 1.54) is 11.8 Å². The molecular formula is C11H15Cl2N3OS. The number of hydrogen-bond acceptors (Lipinski definition) is 4. The molecule has 4 nitrogen and oxygen atoms in total. The first-order chi connectivity index (χ1) is 8.09. The van der Waals surface area contributed by atoms with Crippen LogP contribution in [0, 0.1) is 5.41 Å². The Hall–Kier alpha value is -0.910.